The maximum absolute atomic E-state index is 13.2. The van der Waals surface area contributed by atoms with Crippen LogP contribution in [-0.4, -0.2) is 42.4 Å². The van der Waals surface area contributed by atoms with Gasteiger partial charge in [-0.2, -0.15) is 5.10 Å². The lowest BCUT2D eigenvalue weighted by Crippen LogP contribution is -2.23. The van der Waals surface area contributed by atoms with Gasteiger partial charge in [-0.25, -0.2) is 8.42 Å². The first-order chi connectivity index (χ1) is 15.3. The first-order valence-electron chi connectivity index (χ1n) is 10.9. The molecular formula is C23H28N4O4S. The van der Waals surface area contributed by atoms with Gasteiger partial charge >= 0.3 is 5.97 Å². The van der Waals surface area contributed by atoms with E-state index in [0.29, 0.717) is 37.4 Å². The minimum Gasteiger partial charge on any atom is -0.481 e. The molecule has 0 amide bonds. The number of nitrogens with zero attached hydrogens (tertiary/aromatic N) is 3. The maximum atomic E-state index is 13.2. The second-order valence-corrected chi connectivity index (χ2v) is 9.90. The topological polar surface area (TPSA) is 105 Å². The summed E-state index contributed by atoms with van der Waals surface area (Å²) in [6.45, 7) is 5.55. The third-order valence-corrected chi connectivity index (χ3v) is 7.42. The van der Waals surface area contributed by atoms with E-state index in [1.807, 2.05) is 30.3 Å². The van der Waals surface area contributed by atoms with E-state index in [1.54, 1.807) is 23.9 Å². The van der Waals surface area contributed by atoms with Crippen LogP contribution in [0.3, 0.4) is 0 Å². The number of sulfonamides is 1. The average molecular weight is 457 g/mol. The second-order valence-electron chi connectivity index (χ2n) is 8.25. The summed E-state index contributed by atoms with van der Waals surface area (Å²) in [5.41, 5.74) is 1.86. The van der Waals surface area contributed by atoms with Gasteiger partial charge in [-0.15, -0.1) is 0 Å². The molecule has 2 aromatic carbocycles. The van der Waals surface area contributed by atoms with Crippen LogP contribution in [0.15, 0.2) is 47.5 Å². The first kappa shape index (κ1) is 22.1. The summed E-state index contributed by atoms with van der Waals surface area (Å²) < 4.78 is 30.8. The van der Waals surface area contributed by atoms with Crippen molar-refractivity contribution in [3.05, 3.63) is 48.3 Å². The number of hydrogen-bond acceptors (Lipinski definition) is 5. The highest BCUT2D eigenvalue weighted by atomic mass is 32.2. The van der Waals surface area contributed by atoms with Gasteiger partial charge in [-0.1, -0.05) is 37.6 Å². The molecule has 0 unspecified atom stereocenters. The first-order valence-corrected chi connectivity index (χ1v) is 12.3. The minimum atomic E-state index is -3.82. The number of anilines is 2. The number of carboxylic acid groups (broad SMARTS) is 1. The minimum absolute atomic E-state index is 0.172. The monoisotopic (exact) mass is 456 g/mol. The zero-order chi connectivity index (χ0) is 22.9. The summed E-state index contributed by atoms with van der Waals surface area (Å²) in [6.07, 6.45) is 4.11. The molecule has 0 spiro atoms. The Kier molecular flexibility index (Phi) is 6.10. The molecule has 1 saturated heterocycles. The fraction of sp³-hybridized carbons (Fsp3) is 0.391. The van der Waals surface area contributed by atoms with Gasteiger partial charge in [-0.05, 0) is 31.9 Å². The number of carboxylic acids is 1. The number of nitrogens with one attached hydrogen (secondary N) is 1. The largest absolute Gasteiger partial charge is 0.481 e. The standard InChI is InChI=1S/C23H28N4O4S/c1-3-4-12-27-15-22(16(2)24-27)32(30,31)25-20-9-10-21(19-8-6-5-7-18(19)20)26-13-11-17(14-26)23(28)29/h5-10,15,17,25H,3-4,11-14H2,1-2H3,(H,28,29)/t17-/m1/s1. The van der Waals surface area contributed by atoms with Crippen LogP contribution in [0.4, 0.5) is 11.4 Å². The fourth-order valence-corrected chi connectivity index (χ4v) is 5.49. The van der Waals surface area contributed by atoms with Crippen LogP contribution in [0.1, 0.15) is 31.9 Å². The molecule has 1 atom stereocenters. The second kappa shape index (κ2) is 8.82. The van der Waals surface area contributed by atoms with Crippen molar-refractivity contribution in [3.63, 3.8) is 0 Å². The lowest BCUT2D eigenvalue weighted by molar-refractivity contribution is -0.140. The Labute approximate surface area is 187 Å². The highest BCUT2D eigenvalue weighted by molar-refractivity contribution is 7.92. The van der Waals surface area contributed by atoms with E-state index in [0.717, 1.165) is 29.3 Å². The molecule has 0 aliphatic carbocycles. The normalized spacial score (nSPS) is 16.6. The van der Waals surface area contributed by atoms with Gasteiger partial charge in [0.05, 0.1) is 17.3 Å². The number of rotatable bonds is 8. The number of aromatic nitrogens is 2. The van der Waals surface area contributed by atoms with E-state index >= 15 is 0 Å². The van der Waals surface area contributed by atoms with Crippen molar-refractivity contribution in [2.75, 3.05) is 22.7 Å². The molecule has 1 fully saturated rings. The Balaban J connectivity index is 1.66. The van der Waals surface area contributed by atoms with Crippen molar-refractivity contribution in [2.24, 2.45) is 5.92 Å². The molecule has 8 nitrogen and oxygen atoms in total. The summed E-state index contributed by atoms with van der Waals surface area (Å²) in [5, 5.41) is 15.3. The molecule has 4 rings (SSSR count). The molecule has 0 bridgehead atoms. The SMILES string of the molecule is CCCCn1cc(S(=O)(=O)Nc2ccc(N3CC[C@@H](C(=O)O)C3)c3ccccc23)c(C)n1. The third-order valence-electron chi connectivity index (χ3n) is 5.96. The fourth-order valence-electron chi connectivity index (χ4n) is 4.23. The Morgan fingerprint density at radius 3 is 2.66 bits per heavy atom. The average Bonchev–Trinajstić information content (AvgIpc) is 3.40. The van der Waals surface area contributed by atoms with Crippen LogP contribution >= 0.6 is 0 Å². The van der Waals surface area contributed by atoms with Gasteiger partial charge in [0.2, 0.25) is 0 Å². The maximum Gasteiger partial charge on any atom is 0.308 e. The molecule has 9 heteroatoms. The lowest BCUT2D eigenvalue weighted by atomic mass is 10.1. The highest BCUT2D eigenvalue weighted by Gasteiger charge is 2.29. The zero-order valence-electron chi connectivity index (χ0n) is 18.3. The lowest BCUT2D eigenvalue weighted by Gasteiger charge is -2.22. The summed E-state index contributed by atoms with van der Waals surface area (Å²) in [5.74, 6) is -1.17. The predicted molar refractivity (Wildman–Crippen MR) is 125 cm³/mol. The van der Waals surface area contributed by atoms with Crippen LogP contribution in [0, 0.1) is 12.8 Å². The quantitative estimate of drug-likeness (QED) is 0.533. The van der Waals surface area contributed by atoms with Crippen molar-refractivity contribution in [1.82, 2.24) is 9.78 Å². The molecule has 32 heavy (non-hydrogen) atoms. The van der Waals surface area contributed by atoms with Gasteiger partial charge in [0.1, 0.15) is 4.90 Å². The number of carbonyl (C=O) groups is 1. The molecule has 2 N–H and O–H groups in total. The number of benzene rings is 2. The van der Waals surface area contributed by atoms with Crippen molar-refractivity contribution in [3.8, 4) is 0 Å². The van der Waals surface area contributed by atoms with E-state index in [9.17, 15) is 18.3 Å². The Hall–Kier alpha value is -3.07. The summed E-state index contributed by atoms with van der Waals surface area (Å²) in [4.78, 5) is 13.6. The number of hydrogen-bond donors (Lipinski definition) is 2. The molecule has 1 aliphatic rings. The smallest absolute Gasteiger partial charge is 0.308 e. The van der Waals surface area contributed by atoms with Crippen molar-refractivity contribution >= 4 is 38.1 Å². The Bertz CT molecular complexity index is 1250. The van der Waals surface area contributed by atoms with Crippen LogP contribution in [0.25, 0.3) is 10.8 Å². The third kappa shape index (κ3) is 4.29. The van der Waals surface area contributed by atoms with Crippen molar-refractivity contribution in [1.29, 1.82) is 0 Å². The van der Waals surface area contributed by atoms with Gasteiger partial charge in [0.15, 0.2) is 0 Å². The van der Waals surface area contributed by atoms with E-state index in [2.05, 4.69) is 21.6 Å². The van der Waals surface area contributed by atoms with E-state index in [4.69, 9.17) is 0 Å². The number of aliphatic carboxylic acids is 1. The molecule has 0 saturated carbocycles. The van der Waals surface area contributed by atoms with Crippen molar-refractivity contribution < 1.29 is 18.3 Å². The summed E-state index contributed by atoms with van der Waals surface area (Å²) >= 11 is 0. The van der Waals surface area contributed by atoms with Gasteiger partial charge in [-0.3, -0.25) is 14.2 Å². The van der Waals surface area contributed by atoms with Gasteiger partial charge in [0.25, 0.3) is 10.0 Å². The summed E-state index contributed by atoms with van der Waals surface area (Å²) in [7, 11) is -3.82. The molecule has 3 aromatic rings. The number of unbranched alkanes of at least 4 members (excludes halogenated alkanes) is 1. The van der Waals surface area contributed by atoms with E-state index < -0.39 is 16.0 Å². The van der Waals surface area contributed by atoms with Crippen LogP contribution in [-0.2, 0) is 21.4 Å². The van der Waals surface area contributed by atoms with Crippen molar-refractivity contribution in [2.45, 2.75) is 44.6 Å². The Morgan fingerprint density at radius 1 is 1.22 bits per heavy atom. The Morgan fingerprint density at radius 2 is 1.97 bits per heavy atom. The van der Waals surface area contributed by atoms with Crippen LogP contribution < -0.4 is 9.62 Å². The molecule has 1 aromatic heterocycles. The van der Waals surface area contributed by atoms with Crippen LogP contribution in [0.5, 0.6) is 0 Å². The van der Waals surface area contributed by atoms with E-state index in [-0.39, 0.29) is 10.8 Å². The van der Waals surface area contributed by atoms with Gasteiger partial charge < -0.3 is 10.0 Å². The molecule has 0 radical (unpaired) electrons. The van der Waals surface area contributed by atoms with Gasteiger partial charge in [0, 0.05) is 42.3 Å². The zero-order valence-corrected chi connectivity index (χ0v) is 19.1. The van der Waals surface area contributed by atoms with Crippen LogP contribution in [0.2, 0.25) is 0 Å². The molecular weight excluding hydrogens is 428 g/mol. The van der Waals surface area contributed by atoms with E-state index in [1.165, 1.54) is 0 Å². The molecule has 170 valence electrons. The molecule has 2 heterocycles. The predicted octanol–water partition coefficient (Wildman–Crippen LogP) is 3.86. The highest BCUT2D eigenvalue weighted by Crippen LogP contribution is 2.36. The summed E-state index contributed by atoms with van der Waals surface area (Å²) in [6, 6.07) is 11.2. The molecule has 1 aliphatic heterocycles. The number of fused-ring (bicyclic) bond motifs is 1. The number of aryl methyl sites for hydroxylation is 2.